The molecule has 0 spiro atoms. The molecule has 0 radical (unpaired) electrons. The molecule has 1 fully saturated rings. The largest absolute Gasteiger partial charge is 0.488 e. The monoisotopic (exact) mass is 225 g/mol. The fourth-order valence-electron chi connectivity index (χ4n) is 1.67. The third-order valence-corrected chi connectivity index (χ3v) is 2.97. The molecule has 1 aromatic rings. The quantitative estimate of drug-likeness (QED) is 0.785. The topological polar surface area (TPSA) is 12.5 Å². The van der Waals surface area contributed by atoms with Crippen molar-refractivity contribution in [1.82, 2.24) is 4.90 Å². The van der Waals surface area contributed by atoms with E-state index in [0.717, 1.165) is 23.9 Å². The third-order valence-electron chi connectivity index (χ3n) is 2.72. The number of hydrogen-bond donors (Lipinski definition) is 0. The van der Waals surface area contributed by atoms with Gasteiger partial charge >= 0.3 is 0 Å². The van der Waals surface area contributed by atoms with E-state index >= 15 is 0 Å². The van der Waals surface area contributed by atoms with Gasteiger partial charge in [-0.2, -0.15) is 0 Å². The first-order chi connectivity index (χ1) is 7.15. The van der Waals surface area contributed by atoms with Gasteiger partial charge in [-0.05, 0) is 38.1 Å². The first-order valence-corrected chi connectivity index (χ1v) is 5.69. The third kappa shape index (κ3) is 2.64. The molecule has 15 heavy (non-hydrogen) atoms. The van der Waals surface area contributed by atoms with Gasteiger partial charge in [0.15, 0.2) is 0 Å². The number of halogens is 1. The van der Waals surface area contributed by atoms with Crippen LogP contribution in [0.15, 0.2) is 24.3 Å². The summed E-state index contributed by atoms with van der Waals surface area (Å²) < 4.78 is 5.79. The predicted molar refractivity (Wildman–Crippen MR) is 62.6 cm³/mol. The highest BCUT2D eigenvalue weighted by molar-refractivity contribution is 6.30. The van der Waals surface area contributed by atoms with Crippen molar-refractivity contribution in [3.05, 3.63) is 29.3 Å². The van der Waals surface area contributed by atoms with Crippen LogP contribution in [-0.4, -0.2) is 30.1 Å². The number of rotatable bonds is 3. The summed E-state index contributed by atoms with van der Waals surface area (Å²) in [4.78, 5) is 2.39. The van der Waals surface area contributed by atoms with Crippen LogP contribution < -0.4 is 4.74 Å². The van der Waals surface area contributed by atoms with Gasteiger partial charge in [0.05, 0.1) is 0 Å². The number of ether oxygens (including phenoxy) is 1. The maximum Gasteiger partial charge on any atom is 0.124 e. The van der Waals surface area contributed by atoms with E-state index in [-0.39, 0.29) is 0 Å². The minimum atomic E-state index is 0.341. The van der Waals surface area contributed by atoms with Crippen molar-refractivity contribution >= 4 is 11.6 Å². The standard InChI is InChI=1S/C12H16ClNO/c1-9(2)14-7-12(8-14)15-11-5-3-10(13)4-6-11/h3-6,9,12H,7-8H2,1-2H3. The van der Waals surface area contributed by atoms with Gasteiger partial charge in [0.2, 0.25) is 0 Å². The molecule has 2 nitrogen and oxygen atoms in total. The van der Waals surface area contributed by atoms with Crippen molar-refractivity contribution in [2.24, 2.45) is 0 Å². The summed E-state index contributed by atoms with van der Waals surface area (Å²) in [6.07, 6.45) is 0.341. The van der Waals surface area contributed by atoms with E-state index in [0.29, 0.717) is 12.1 Å². The Bertz CT molecular complexity index is 317. The lowest BCUT2D eigenvalue weighted by Gasteiger charge is -2.41. The van der Waals surface area contributed by atoms with Crippen LogP contribution in [0.25, 0.3) is 0 Å². The van der Waals surface area contributed by atoms with Gasteiger partial charge in [0.25, 0.3) is 0 Å². The van der Waals surface area contributed by atoms with Crippen molar-refractivity contribution in [2.45, 2.75) is 26.0 Å². The first kappa shape index (κ1) is 10.8. The maximum atomic E-state index is 5.80. The van der Waals surface area contributed by atoms with Gasteiger partial charge in [-0.15, -0.1) is 0 Å². The molecule has 3 heteroatoms. The van der Waals surface area contributed by atoms with Gasteiger partial charge in [-0.25, -0.2) is 0 Å². The van der Waals surface area contributed by atoms with Crippen LogP contribution in [0.5, 0.6) is 5.75 Å². The zero-order valence-corrected chi connectivity index (χ0v) is 9.87. The van der Waals surface area contributed by atoms with Crippen molar-refractivity contribution in [3.8, 4) is 5.75 Å². The summed E-state index contributed by atoms with van der Waals surface area (Å²) in [5.41, 5.74) is 0. The van der Waals surface area contributed by atoms with Crippen LogP contribution in [0, 0.1) is 0 Å². The number of benzene rings is 1. The van der Waals surface area contributed by atoms with Crippen molar-refractivity contribution in [1.29, 1.82) is 0 Å². The van der Waals surface area contributed by atoms with Gasteiger partial charge < -0.3 is 4.74 Å². The predicted octanol–water partition coefficient (Wildman–Crippen LogP) is 2.81. The number of nitrogens with zero attached hydrogens (tertiary/aromatic N) is 1. The maximum absolute atomic E-state index is 5.80. The lowest BCUT2D eigenvalue weighted by atomic mass is 10.1. The molecule has 0 N–H and O–H groups in total. The summed E-state index contributed by atoms with van der Waals surface area (Å²) in [5, 5.41) is 0.750. The number of likely N-dealkylation sites (tertiary alicyclic amines) is 1. The van der Waals surface area contributed by atoms with E-state index in [4.69, 9.17) is 16.3 Å². The molecule has 0 saturated carbocycles. The van der Waals surface area contributed by atoms with Crippen LogP contribution in [0.4, 0.5) is 0 Å². The van der Waals surface area contributed by atoms with Crippen LogP contribution in [0.1, 0.15) is 13.8 Å². The van der Waals surface area contributed by atoms with Gasteiger partial charge in [-0.3, -0.25) is 4.90 Å². The molecule has 2 rings (SSSR count). The zero-order chi connectivity index (χ0) is 10.8. The second kappa shape index (κ2) is 4.42. The van der Waals surface area contributed by atoms with Crippen molar-refractivity contribution in [2.75, 3.05) is 13.1 Å². The SMILES string of the molecule is CC(C)N1CC(Oc2ccc(Cl)cc2)C1. The molecule has 0 amide bonds. The van der Waals surface area contributed by atoms with Crippen molar-refractivity contribution in [3.63, 3.8) is 0 Å². The smallest absolute Gasteiger partial charge is 0.124 e. The lowest BCUT2D eigenvalue weighted by Crippen LogP contribution is -2.56. The molecule has 0 bridgehead atoms. The Hall–Kier alpha value is -0.730. The highest BCUT2D eigenvalue weighted by Crippen LogP contribution is 2.21. The Morgan fingerprint density at radius 1 is 1.27 bits per heavy atom. The van der Waals surface area contributed by atoms with E-state index in [2.05, 4.69) is 18.7 Å². The molecule has 1 aliphatic rings. The van der Waals surface area contributed by atoms with Crippen molar-refractivity contribution < 1.29 is 4.74 Å². The molecule has 1 saturated heterocycles. The summed E-state index contributed by atoms with van der Waals surface area (Å²) in [7, 11) is 0. The Labute approximate surface area is 95.8 Å². The molecule has 1 heterocycles. The summed E-state index contributed by atoms with van der Waals surface area (Å²) >= 11 is 5.80. The Balaban J connectivity index is 1.82. The van der Waals surface area contributed by atoms with Crippen LogP contribution >= 0.6 is 11.6 Å². The summed E-state index contributed by atoms with van der Waals surface area (Å²) in [6, 6.07) is 8.17. The van der Waals surface area contributed by atoms with Gasteiger partial charge in [-0.1, -0.05) is 11.6 Å². The Morgan fingerprint density at radius 2 is 1.87 bits per heavy atom. The van der Waals surface area contributed by atoms with Crippen LogP contribution in [-0.2, 0) is 0 Å². The molecule has 0 aromatic heterocycles. The molecule has 1 aliphatic heterocycles. The average Bonchev–Trinajstić information content (AvgIpc) is 2.13. The van der Waals surface area contributed by atoms with E-state index in [1.54, 1.807) is 0 Å². The zero-order valence-electron chi connectivity index (χ0n) is 9.11. The fourth-order valence-corrected chi connectivity index (χ4v) is 1.80. The molecule has 0 atom stereocenters. The highest BCUT2D eigenvalue weighted by Gasteiger charge is 2.29. The normalized spacial score (nSPS) is 17.9. The van der Waals surface area contributed by atoms with E-state index in [1.807, 2.05) is 24.3 Å². The second-order valence-corrected chi connectivity index (χ2v) is 4.68. The van der Waals surface area contributed by atoms with Gasteiger partial charge in [0, 0.05) is 24.2 Å². The average molecular weight is 226 g/mol. The van der Waals surface area contributed by atoms with E-state index in [9.17, 15) is 0 Å². The number of hydrogen-bond acceptors (Lipinski definition) is 2. The Kier molecular flexibility index (Phi) is 3.17. The molecule has 0 aliphatic carbocycles. The molecule has 82 valence electrons. The highest BCUT2D eigenvalue weighted by atomic mass is 35.5. The minimum Gasteiger partial charge on any atom is -0.488 e. The molecule has 1 aromatic carbocycles. The summed E-state index contributed by atoms with van der Waals surface area (Å²) in [5.74, 6) is 0.910. The van der Waals surface area contributed by atoms with Crippen LogP contribution in [0.3, 0.4) is 0 Å². The molecular weight excluding hydrogens is 210 g/mol. The minimum absolute atomic E-state index is 0.341. The molecule has 0 unspecified atom stereocenters. The second-order valence-electron chi connectivity index (χ2n) is 4.24. The van der Waals surface area contributed by atoms with Crippen LogP contribution in [0.2, 0.25) is 5.02 Å². The molecular formula is C12H16ClNO. The Morgan fingerprint density at radius 3 is 2.40 bits per heavy atom. The van der Waals surface area contributed by atoms with E-state index < -0.39 is 0 Å². The van der Waals surface area contributed by atoms with E-state index in [1.165, 1.54) is 0 Å². The summed E-state index contributed by atoms with van der Waals surface area (Å²) in [6.45, 7) is 6.47. The lowest BCUT2D eigenvalue weighted by molar-refractivity contribution is 0.000156. The fraction of sp³-hybridized carbons (Fsp3) is 0.500. The first-order valence-electron chi connectivity index (χ1n) is 5.31. The van der Waals surface area contributed by atoms with Gasteiger partial charge in [0.1, 0.15) is 11.9 Å².